The highest BCUT2D eigenvalue weighted by molar-refractivity contribution is 6.36. The molecule has 246 valence electrons. The van der Waals surface area contributed by atoms with Gasteiger partial charge in [-0.2, -0.15) is 0 Å². The van der Waals surface area contributed by atoms with Gasteiger partial charge < -0.3 is 29.0 Å². The largest absolute Gasteiger partial charge is 0.496 e. The summed E-state index contributed by atoms with van der Waals surface area (Å²) < 4.78 is 31.1. The number of fused-ring (bicyclic) bond motifs is 2. The Bertz CT molecular complexity index is 2060. The van der Waals surface area contributed by atoms with Crippen LogP contribution in [0.1, 0.15) is 47.7 Å². The number of carbonyl (C=O) groups is 2. The maximum atomic E-state index is 15.1. The predicted molar refractivity (Wildman–Crippen MR) is 174 cm³/mol. The van der Waals surface area contributed by atoms with Crippen molar-refractivity contribution in [2.45, 2.75) is 31.8 Å². The zero-order valence-corrected chi connectivity index (χ0v) is 27.8. The minimum absolute atomic E-state index is 0.0168. The minimum Gasteiger partial charge on any atom is -0.496 e. The summed E-state index contributed by atoms with van der Waals surface area (Å²) in [7, 11) is 7.20. The minimum atomic E-state index is -2.03. The molecule has 3 aliphatic rings. The number of nitrogens with one attached hydrogen (secondary N) is 1. The van der Waals surface area contributed by atoms with Gasteiger partial charge in [-0.05, 0) is 36.6 Å². The third-order valence-electron chi connectivity index (χ3n) is 9.07. The summed E-state index contributed by atoms with van der Waals surface area (Å²) in [5.41, 5.74) is -1.11. The number of rotatable bonds is 7. The highest BCUT2D eigenvalue weighted by atomic mass is 35.5. The SMILES string of the molecule is C=C(C)COc1ccc(C2C3=C(C[C@@H](C)[C@]4(Oc5c(Cl)c(OC)cc(OC)c5C4=O)C3=O)Nc3c2c(=O)n(C)c(=O)n3C)cc1OC. The monoisotopic (exact) mass is 663 g/mol. The van der Waals surface area contributed by atoms with Crippen molar-refractivity contribution in [2.24, 2.45) is 20.0 Å². The topological polar surface area (TPSA) is 136 Å². The average Bonchev–Trinajstić information content (AvgIpc) is 3.38. The van der Waals surface area contributed by atoms with Gasteiger partial charge in [-0.3, -0.25) is 23.5 Å². The molecule has 0 radical (unpaired) electrons. The number of hydrogen-bond acceptors (Lipinski definition) is 10. The molecule has 1 aromatic heterocycles. The summed E-state index contributed by atoms with van der Waals surface area (Å²) in [5, 5.41) is 3.23. The molecular formula is C34H34ClN3O9. The first-order valence-electron chi connectivity index (χ1n) is 14.8. The third kappa shape index (κ3) is 4.49. The zero-order chi connectivity index (χ0) is 34.1. The molecule has 12 nitrogen and oxygen atoms in total. The lowest BCUT2D eigenvalue weighted by molar-refractivity contribution is -0.130. The van der Waals surface area contributed by atoms with E-state index in [-0.39, 0.29) is 57.8 Å². The Morgan fingerprint density at radius 3 is 2.32 bits per heavy atom. The van der Waals surface area contributed by atoms with Gasteiger partial charge in [0, 0.05) is 43.3 Å². The van der Waals surface area contributed by atoms with Gasteiger partial charge in [-0.25, -0.2) is 4.79 Å². The van der Waals surface area contributed by atoms with Crippen molar-refractivity contribution >= 4 is 29.0 Å². The molecule has 0 saturated heterocycles. The Morgan fingerprint density at radius 1 is 1.00 bits per heavy atom. The Kier molecular flexibility index (Phi) is 7.74. The Hall–Kier alpha value is -4.97. The molecule has 13 heteroatoms. The molecule has 3 heterocycles. The number of benzene rings is 2. The maximum absolute atomic E-state index is 15.1. The molecule has 2 aliphatic heterocycles. The van der Waals surface area contributed by atoms with Crippen LogP contribution >= 0.6 is 11.6 Å². The fourth-order valence-corrected chi connectivity index (χ4v) is 6.97. The lowest BCUT2D eigenvalue weighted by Crippen LogP contribution is -2.58. The lowest BCUT2D eigenvalue weighted by atomic mass is 9.66. The molecule has 1 spiro atoms. The van der Waals surface area contributed by atoms with Crippen LogP contribution < -0.4 is 40.3 Å². The Morgan fingerprint density at radius 2 is 1.68 bits per heavy atom. The second kappa shape index (κ2) is 11.4. The van der Waals surface area contributed by atoms with E-state index in [4.69, 9.17) is 35.3 Å². The smallest absolute Gasteiger partial charge is 0.332 e. The number of ketones is 2. The fourth-order valence-electron chi connectivity index (χ4n) is 6.71. The summed E-state index contributed by atoms with van der Waals surface area (Å²) in [6.45, 7) is 7.68. The first kappa shape index (κ1) is 32.0. The molecule has 6 rings (SSSR count). The number of carbonyl (C=O) groups excluding carboxylic acids is 2. The fraction of sp³-hybridized carbons (Fsp3) is 0.353. The molecule has 0 bridgehead atoms. The van der Waals surface area contributed by atoms with Gasteiger partial charge >= 0.3 is 5.69 Å². The molecule has 1 aliphatic carbocycles. The van der Waals surface area contributed by atoms with E-state index >= 15 is 4.79 Å². The Labute approximate surface area is 275 Å². The second-order valence-corrected chi connectivity index (χ2v) is 12.4. The van der Waals surface area contributed by atoms with Crippen LogP contribution in [0, 0.1) is 5.92 Å². The van der Waals surface area contributed by atoms with Crippen LogP contribution in [-0.4, -0.2) is 54.2 Å². The molecule has 0 amide bonds. The van der Waals surface area contributed by atoms with Gasteiger partial charge in [0.2, 0.25) is 17.2 Å². The number of halogens is 1. The van der Waals surface area contributed by atoms with Gasteiger partial charge in [-0.1, -0.05) is 31.2 Å². The predicted octanol–water partition coefficient (Wildman–Crippen LogP) is 4.15. The van der Waals surface area contributed by atoms with Crippen LogP contribution in [0.5, 0.6) is 28.7 Å². The zero-order valence-electron chi connectivity index (χ0n) is 27.0. The van der Waals surface area contributed by atoms with E-state index in [0.29, 0.717) is 22.8 Å². The van der Waals surface area contributed by atoms with Crippen LogP contribution in [0.3, 0.4) is 0 Å². The van der Waals surface area contributed by atoms with E-state index in [1.165, 1.54) is 39.0 Å². The number of hydrogen-bond donors (Lipinski definition) is 1. The van der Waals surface area contributed by atoms with Gasteiger partial charge in [0.25, 0.3) is 5.56 Å². The molecule has 1 unspecified atom stereocenters. The van der Waals surface area contributed by atoms with Crippen LogP contribution in [0.15, 0.2) is 57.3 Å². The standard InChI is InChI=1S/C34H34ClN3O9/c1-15(2)14-46-19-10-9-17(12-20(19)43-6)23-24-18(36-31-26(23)32(41)38(5)33(42)37(31)4)11-16(3)34(29(24)39)30(40)25-21(44-7)13-22(45-8)27(35)28(25)47-34/h9-10,12-13,16,23,36H,1,11,14H2,2-8H3/t16-,23?,34+/m1/s1. The van der Waals surface area contributed by atoms with Crippen molar-refractivity contribution in [3.63, 3.8) is 0 Å². The highest BCUT2D eigenvalue weighted by Gasteiger charge is 2.63. The molecular weight excluding hydrogens is 630 g/mol. The van der Waals surface area contributed by atoms with Crippen LogP contribution in [-0.2, 0) is 18.9 Å². The van der Waals surface area contributed by atoms with Crippen molar-refractivity contribution < 1.29 is 33.3 Å². The van der Waals surface area contributed by atoms with Crippen LogP contribution in [0.25, 0.3) is 0 Å². The molecule has 0 fully saturated rings. The van der Waals surface area contributed by atoms with E-state index < -0.39 is 40.3 Å². The van der Waals surface area contributed by atoms with Crippen molar-refractivity contribution in [1.82, 2.24) is 9.13 Å². The molecule has 2 aromatic carbocycles. The molecule has 47 heavy (non-hydrogen) atoms. The van der Waals surface area contributed by atoms with Crippen molar-refractivity contribution in [3.8, 4) is 28.7 Å². The molecule has 3 atom stereocenters. The van der Waals surface area contributed by atoms with Crippen LogP contribution in [0.2, 0.25) is 5.02 Å². The first-order valence-corrected chi connectivity index (χ1v) is 15.2. The summed E-state index contributed by atoms with van der Waals surface area (Å²) >= 11 is 6.64. The quantitative estimate of drug-likeness (QED) is 0.290. The van der Waals surface area contributed by atoms with Gasteiger partial charge in [0.15, 0.2) is 17.2 Å². The van der Waals surface area contributed by atoms with E-state index in [2.05, 4.69) is 11.9 Å². The van der Waals surface area contributed by atoms with E-state index in [1.807, 2.05) is 6.92 Å². The number of allylic oxidation sites excluding steroid dienone is 1. The lowest BCUT2D eigenvalue weighted by Gasteiger charge is -2.42. The normalized spacial score (nSPS) is 21.0. The number of ether oxygens (including phenoxy) is 5. The molecule has 1 N–H and O–H groups in total. The number of Topliss-reactive ketones (excluding diaryl/α,β-unsaturated/α-hetero) is 2. The number of anilines is 1. The summed E-state index contributed by atoms with van der Waals surface area (Å²) in [6.07, 6.45) is 0.161. The Balaban J connectivity index is 1.59. The molecule has 3 aromatic rings. The second-order valence-electron chi connectivity index (χ2n) is 12.0. The van der Waals surface area contributed by atoms with Crippen molar-refractivity contribution in [2.75, 3.05) is 33.3 Å². The number of nitrogens with zero attached hydrogens (tertiary/aromatic N) is 2. The summed E-state index contributed by atoms with van der Waals surface area (Å²) in [6, 6.07) is 6.55. The van der Waals surface area contributed by atoms with E-state index in [1.54, 1.807) is 32.2 Å². The van der Waals surface area contributed by atoms with Gasteiger partial charge in [-0.15, -0.1) is 0 Å². The van der Waals surface area contributed by atoms with Gasteiger partial charge in [0.1, 0.15) is 34.5 Å². The van der Waals surface area contributed by atoms with Crippen molar-refractivity contribution in [3.05, 3.63) is 90.2 Å². The summed E-state index contributed by atoms with van der Waals surface area (Å²) in [4.78, 5) is 56.5. The van der Waals surface area contributed by atoms with E-state index in [0.717, 1.165) is 10.1 Å². The highest BCUT2D eigenvalue weighted by Crippen LogP contribution is 2.56. The maximum Gasteiger partial charge on any atom is 0.332 e. The van der Waals surface area contributed by atoms with Crippen LogP contribution in [0.4, 0.5) is 5.82 Å². The summed E-state index contributed by atoms with van der Waals surface area (Å²) in [5.74, 6) is -1.63. The average molecular weight is 664 g/mol. The first-order chi connectivity index (χ1) is 22.3. The van der Waals surface area contributed by atoms with Crippen molar-refractivity contribution in [1.29, 1.82) is 0 Å². The number of aromatic nitrogens is 2. The van der Waals surface area contributed by atoms with E-state index in [9.17, 15) is 14.4 Å². The number of methoxy groups -OCH3 is 3. The van der Waals surface area contributed by atoms with Gasteiger partial charge in [0.05, 0.1) is 26.9 Å². The third-order valence-corrected chi connectivity index (χ3v) is 9.43. The molecule has 0 saturated carbocycles.